The van der Waals surface area contributed by atoms with E-state index < -0.39 is 5.41 Å². The SMILES string of the molecule is COc1ccc([C@]2(C#N)CCc3[nH]c4ccccc4c3C2)cc1OC. The van der Waals surface area contributed by atoms with Crippen LogP contribution in [0.15, 0.2) is 42.5 Å². The summed E-state index contributed by atoms with van der Waals surface area (Å²) in [5.41, 5.74) is 4.11. The van der Waals surface area contributed by atoms with Crippen molar-refractivity contribution in [2.45, 2.75) is 24.7 Å². The Balaban J connectivity index is 1.82. The molecule has 1 aromatic heterocycles. The van der Waals surface area contributed by atoms with Crippen molar-refractivity contribution in [3.63, 3.8) is 0 Å². The van der Waals surface area contributed by atoms with Crippen LogP contribution in [0.4, 0.5) is 0 Å². The maximum absolute atomic E-state index is 10.1. The number of nitriles is 1. The number of hydrogen-bond donors (Lipinski definition) is 1. The number of aryl methyl sites for hydroxylation is 1. The molecule has 1 aliphatic rings. The summed E-state index contributed by atoms with van der Waals surface area (Å²) in [6, 6.07) is 16.7. The lowest BCUT2D eigenvalue weighted by Gasteiger charge is -2.32. The normalized spacial score (nSPS) is 19.2. The van der Waals surface area contributed by atoms with E-state index >= 15 is 0 Å². The lowest BCUT2D eigenvalue weighted by Crippen LogP contribution is -2.31. The fourth-order valence-electron chi connectivity index (χ4n) is 3.94. The largest absolute Gasteiger partial charge is 0.493 e. The van der Waals surface area contributed by atoms with Gasteiger partial charge in [-0.15, -0.1) is 0 Å². The third-order valence-corrected chi connectivity index (χ3v) is 5.33. The van der Waals surface area contributed by atoms with Gasteiger partial charge in [0.25, 0.3) is 0 Å². The number of nitrogens with one attached hydrogen (secondary N) is 1. The number of rotatable bonds is 3. The first-order chi connectivity index (χ1) is 12.2. The highest BCUT2D eigenvalue weighted by Crippen LogP contribution is 2.43. The lowest BCUT2D eigenvalue weighted by atomic mass is 9.69. The van der Waals surface area contributed by atoms with E-state index in [4.69, 9.17) is 9.47 Å². The van der Waals surface area contributed by atoms with Crippen LogP contribution in [0, 0.1) is 11.3 Å². The Morgan fingerprint density at radius 3 is 2.64 bits per heavy atom. The van der Waals surface area contributed by atoms with Gasteiger partial charge in [0.2, 0.25) is 0 Å². The van der Waals surface area contributed by atoms with E-state index in [1.54, 1.807) is 14.2 Å². The van der Waals surface area contributed by atoms with Crippen molar-refractivity contribution in [3.8, 4) is 17.6 Å². The molecule has 2 aromatic carbocycles. The van der Waals surface area contributed by atoms with E-state index in [2.05, 4.69) is 29.3 Å². The van der Waals surface area contributed by atoms with Crippen molar-refractivity contribution in [2.75, 3.05) is 14.2 Å². The van der Waals surface area contributed by atoms with Crippen LogP contribution in [0.1, 0.15) is 23.2 Å². The third-order valence-electron chi connectivity index (χ3n) is 5.33. The summed E-state index contributed by atoms with van der Waals surface area (Å²) < 4.78 is 10.8. The Morgan fingerprint density at radius 2 is 1.88 bits per heavy atom. The number of H-pyrrole nitrogens is 1. The first kappa shape index (κ1) is 15.6. The van der Waals surface area contributed by atoms with Crippen molar-refractivity contribution in [1.29, 1.82) is 5.26 Å². The van der Waals surface area contributed by atoms with Gasteiger partial charge in [-0.3, -0.25) is 0 Å². The van der Waals surface area contributed by atoms with Gasteiger partial charge >= 0.3 is 0 Å². The molecule has 0 radical (unpaired) electrons. The van der Waals surface area contributed by atoms with Gasteiger partial charge in [0.1, 0.15) is 0 Å². The number of fused-ring (bicyclic) bond motifs is 3. The second-order valence-corrected chi connectivity index (χ2v) is 6.57. The molecule has 25 heavy (non-hydrogen) atoms. The highest BCUT2D eigenvalue weighted by atomic mass is 16.5. The number of ether oxygens (including phenoxy) is 2. The van der Waals surface area contributed by atoms with Crippen LogP contribution < -0.4 is 9.47 Å². The molecule has 4 nitrogen and oxygen atoms in total. The molecule has 0 amide bonds. The molecule has 4 heteroatoms. The smallest absolute Gasteiger partial charge is 0.161 e. The number of methoxy groups -OCH3 is 2. The third kappa shape index (κ3) is 2.35. The highest BCUT2D eigenvalue weighted by molar-refractivity contribution is 5.85. The van der Waals surface area contributed by atoms with Crippen LogP contribution in [-0.2, 0) is 18.3 Å². The van der Waals surface area contributed by atoms with Crippen LogP contribution in [0.25, 0.3) is 10.9 Å². The minimum atomic E-state index is -0.544. The zero-order valence-corrected chi connectivity index (χ0v) is 14.4. The number of nitrogens with zero attached hydrogens (tertiary/aromatic N) is 1. The monoisotopic (exact) mass is 332 g/mol. The van der Waals surface area contributed by atoms with Gasteiger partial charge in [0.15, 0.2) is 11.5 Å². The molecule has 0 bridgehead atoms. The molecule has 0 saturated heterocycles. The fraction of sp³-hybridized carbons (Fsp3) is 0.286. The predicted octanol–water partition coefficient (Wildman–Crippen LogP) is 4.14. The Bertz CT molecular complexity index is 983. The van der Waals surface area contributed by atoms with Gasteiger partial charge in [-0.1, -0.05) is 24.3 Å². The van der Waals surface area contributed by atoms with Crippen molar-refractivity contribution in [2.24, 2.45) is 0 Å². The average molecular weight is 332 g/mol. The van der Waals surface area contributed by atoms with Crippen molar-refractivity contribution in [1.82, 2.24) is 4.98 Å². The quantitative estimate of drug-likeness (QED) is 0.784. The van der Waals surface area contributed by atoms with E-state index in [1.165, 1.54) is 16.6 Å². The molecular weight excluding hydrogens is 312 g/mol. The van der Waals surface area contributed by atoms with Gasteiger partial charge in [0, 0.05) is 16.6 Å². The van der Waals surface area contributed by atoms with Crippen LogP contribution in [-0.4, -0.2) is 19.2 Å². The summed E-state index contributed by atoms with van der Waals surface area (Å²) in [6.07, 6.45) is 2.36. The minimum Gasteiger partial charge on any atom is -0.493 e. The van der Waals surface area contributed by atoms with E-state index in [-0.39, 0.29) is 0 Å². The van der Waals surface area contributed by atoms with E-state index in [1.807, 2.05) is 24.3 Å². The van der Waals surface area contributed by atoms with Crippen LogP contribution in [0.2, 0.25) is 0 Å². The number of aromatic nitrogens is 1. The molecule has 1 N–H and O–H groups in total. The molecule has 0 aliphatic heterocycles. The van der Waals surface area contributed by atoms with Crippen molar-refractivity contribution in [3.05, 3.63) is 59.3 Å². The Morgan fingerprint density at radius 1 is 1.08 bits per heavy atom. The Labute approximate surface area is 147 Å². The first-order valence-electron chi connectivity index (χ1n) is 8.43. The summed E-state index contributed by atoms with van der Waals surface area (Å²) in [5, 5.41) is 11.3. The Hall–Kier alpha value is -2.93. The second kappa shape index (κ2) is 5.86. The molecule has 0 saturated carbocycles. The average Bonchev–Trinajstić information content (AvgIpc) is 3.04. The summed E-state index contributed by atoms with van der Waals surface area (Å²) in [5.74, 6) is 1.35. The zero-order valence-electron chi connectivity index (χ0n) is 14.4. The maximum atomic E-state index is 10.1. The fourth-order valence-corrected chi connectivity index (χ4v) is 3.94. The highest BCUT2D eigenvalue weighted by Gasteiger charge is 2.38. The molecule has 1 atom stereocenters. The van der Waals surface area contributed by atoms with Crippen LogP contribution in [0.5, 0.6) is 11.5 Å². The molecule has 0 spiro atoms. The predicted molar refractivity (Wildman–Crippen MR) is 97.2 cm³/mol. The van der Waals surface area contributed by atoms with Gasteiger partial charge in [-0.25, -0.2) is 0 Å². The number of aromatic amines is 1. The summed E-state index contributed by atoms with van der Waals surface area (Å²) in [7, 11) is 3.25. The molecular formula is C21H20N2O2. The lowest BCUT2D eigenvalue weighted by molar-refractivity contribution is 0.353. The molecule has 126 valence electrons. The van der Waals surface area contributed by atoms with E-state index in [0.29, 0.717) is 17.9 Å². The second-order valence-electron chi connectivity index (χ2n) is 6.57. The van der Waals surface area contributed by atoms with Crippen molar-refractivity contribution < 1.29 is 9.47 Å². The molecule has 0 unspecified atom stereocenters. The number of hydrogen-bond acceptors (Lipinski definition) is 3. The van der Waals surface area contributed by atoms with Gasteiger partial charge in [-0.2, -0.15) is 5.26 Å². The van der Waals surface area contributed by atoms with Gasteiger partial charge in [0.05, 0.1) is 25.7 Å². The topological polar surface area (TPSA) is 58.0 Å². The number of para-hydroxylation sites is 1. The van der Waals surface area contributed by atoms with Crippen LogP contribution >= 0.6 is 0 Å². The molecule has 3 aromatic rings. The molecule has 1 heterocycles. The van der Waals surface area contributed by atoms with Crippen molar-refractivity contribution >= 4 is 10.9 Å². The van der Waals surface area contributed by atoms with Crippen LogP contribution in [0.3, 0.4) is 0 Å². The summed E-state index contributed by atoms with van der Waals surface area (Å²) >= 11 is 0. The Kier molecular flexibility index (Phi) is 3.65. The zero-order chi connectivity index (χ0) is 17.4. The van der Waals surface area contributed by atoms with E-state index in [9.17, 15) is 5.26 Å². The molecule has 1 aliphatic carbocycles. The summed E-state index contributed by atoms with van der Waals surface area (Å²) in [6.45, 7) is 0. The minimum absolute atomic E-state index is 0.544. The van der Waals surface area contributed by atoms with Gasteiger partial charge in [-0.05, 0) is 48.6 Å². The maximum Gasteiger partial charge on any atom is 0.161 e. The molecule has 0 fully saturated rings. The van der Waals surface area contributed by atoms with Gasteiger partial charge < -0.3 is 14.5 Å². The molecule has 4 rings (SSSR count). The summed E-state index contributed by atoms with van der Waals surface area (Å²) in [4.78, 5) is 3.52. The standard InChI is InChI=1S/C21H20N2O2/c1-24-19-8-7-14(11-20(19)25-2)21(13-22)10-9-18-16(12-21)15-5-3-4-6-17(15)23-18/h3-8,11,23H,9-10,12H2,1-2H3/t21-/m1/s1. The van der Waals surface area contributed by atoms with E-state index in [0.717, 1.165) is 23.9 Å². The number of benzene rings is 2. The first-order valence-corrected chi connectivity index (χ1v) is 8.43.